The first-order chi connectivity index (χ1) is 8.93. The van der Waals surface area contributed by atoms with Crippen molar-refractivity contribution in [2.24, 2.45) is 0 Å². The first-order valence-electron chi connectivity index (χ1n) is 7.80. The molecule has 0 aliphatic carbocycles. The summed E-state index contributed by atoms with van der Waals surface area (Å²) in [7, 11) is 0. The smallest absolute Gasteiger partial charge is 0.00961 e. The van der Waals surface area contributed by atoms with E-state index in [1.165, 1.54) is 76.2 Å². The normalized spacial score (nSPS) is 10.7. The Bertz CT molecular complexity index is 263. The maximum Gasteiger partial charge on any atom is -0.00961 e. The zero-order valence-corrected chi connectivity index (χ0v) is 12.0. The van der Waals surface area contributed by atoms with E-state index in [2.05, 4.69) is 31.2 Å². The topological polar surface area (TPSA) is 0 Å². The Hall–Kier alpha value is -0.780. The second kappa shape index (κ2) is 11.3. The molecule has 18 heavy (non-hydrogen) atoms. The summed E-state index contributed by atoms with van der Waals surface area (Å²) in [5.74, 6) is 0. The molecule has 0 saturated carbocycles. The molecule has 0 aromatic heterocycles. The van der Waals surface area contributed by atoms with Crippen LogP contribution in [0.4, 0.5) is 0 Å². The highest BCUT2D eigenvalue weighted by molar-refractivity contribution is 5.12. The molecular weight excluding hydrogens is 216 g/mol. The van der Waals surface area contributed by atoms with Crippen LogP contribution in [0, 0.1) is 12.1 Å². The number of hydrogen-bond acceptors (Lipinski definition) is 0. The SMILES string of the molecule is CCCCCCCCCCCCc1c[c][c]cc1. The standard InChI is InChI=1S/C18H28/c1-2-3-4-5-6-7-8-9-10-12-15-18-16-13-11-14-17-18/h13,16-17H,2-10,12,15H2,1H3. The van der Waals surface area contributed by atoms with Crippen LogP contribution >= 0.6 is 0 Å². The molecule has 2 radical (unpaired) electrons. The third-order valence-electron chi connectivity index (χ3n) is 3.54. The highest BCUT2D eigenvalue weighted by Gasteiger charge is 1.94. The summed E-state index contributed by atoms with van der Waals surface area (Å²) in [6.45, 7) is 2.28. The van der Waals surface area contributed by atoms with Gasteiger partial charge in [-0.15, -0.1) is 0 Å². The first-order valence-corrected chi connectivity index (χ1v) is 7.80. The van der Waals surface area contributed by atoms with Gasteiger partial charge in [0.2, 0.25) is 0 Å². The lowest BCUT2D eigenvalue weighted by atomic mass is 10.0. The molecule has 0 atom stereocenters. The predicted molar refractivity (Wildman–Crippen MR) is 79.7 cm³/mol. The summed E-state index contributed by atoms with van der Waals surface area (Å²) >= 11 is 0. The van der Waals surface area contributed by atoms with E-state index in [0.29, 0.717) is 0 Å². The van der Waals surface area contributed by atoms with E-state index in [1.54, 1.807) is 0 Å². The van der Waals surface area contributed by atoms with E-state index in [9.17, 15) is 0 Å². The van der Waals surface area contributed by atoms with Gasteiger partial charge in [-0.1, -0.05) is 82.9 Å². The Morgan fingerprint density at radius 2 is 1.39 bits per heavy atom. The van der Waals surface area contributed by atoms with E-state index in [4.69, 9.17) is 0 Å². The lowest BCUT2D eigenvalue weighted by Crippen LogP contribution is -1.86. The van der Waals surface area contributed by atoms with E-state index in [-0.39, 0.29) is 0 Å². The fourth-order valence-electron chi connectivity index (χ4n) is 2.35. The zero-order valence-electron chi connectivity index (χ0n) is 12.0. The molecule has 0 bridgehead atoms. The molecule has 1 aromatic rings. The van der Waals surface area contributed by atoms with Gasteiger partial charge in [-0.3, -0.25) is 0 Å². The fourth-order valence-corrected chi connectivity index (χ4v) is 2.35. The molecule has 1 rings (SSSR count). The predicted octanol–water partition coefficient (Wildman–Crippen LogP) is 5.75. The molecule has 0 fully saturated rings. The molecule has 0 N–H and O–H groups in total. The van der Waals surface area contributed by atoms with E-state index < -0.39 is 0 Å². The zero-order chi connectivity index (χ0) is 12.9. The van der Waals surface area contributed by atoms with E-state index in [0.717, 1.165) is 0 Å². The number of aryl methyl sites for hydroxylation is 1. The molecule has 0 nitrogen and oxygen atoms in total. The van der Waals surface area contributed by atoms with Gasteiger partial charge in [0, 0.05) is 0 Å². The van der Waals surface area contributed by atoms with Crippen LogP contribution in [0.2, 0.25) is 0 Å². The Morgan fingerprint density at radius 1 is 0.778 bits per heavy atom. The molecule has 0 unspecified atom stereocenters. The third kappa shape index (κ3) is 8.33. The second-order valence-corrected chi connectivity index (χ2v) is 5.27. The monoisotopic (exact) mass is 244 g/mol. The molecule has 0 aliphatic rings. The van der Waals surface area contributed by atoms with Gasteiger partial charge in [0.25, 0.3) is 0 Å². The Kier molecular flexibility index (Phi) is 9.61. The molecular formula is C18H28. The average molecular weight is 244 g/mol. The summed E-state index contributed by atoms with van der Waals surface area (Å²) in [6.07, 6.45) is 15.3. The van der Waals surface area contributed by atoms with Crippen LogP contribution in [0.5, 0.6) is 0 Å². The number of rotatable bonds is 11. The molecule has 0 spiro atoms. The van der Waals surface area contributed by atoms with E-state index in [1.807, 2.05) is 6.07 Å². The molecule has 0 heteroatoms. The minimum absolute atomic E-state index is 1.21. The minimum atomic E-state index is 1.21. The van der Waals surface area contributed by atoms with Crippen LogP contribution in [-0.2, 0) is 6.42 Å². The largest absolute Gasteiger partial charge is 0.0654 e. The van der Waals surface area contributed by atoms with Crippen LogP contribution in [0.15, 0.2) is 18.2 Å². The first kappa shape index (κ1) is 15.3. The molecule has 0 amide bonds. The summed E-state index contributed by atoms with van der Waals surface area (Å²) in [5.41, 5.74) is 1.41. The van der Waals surface area contributed by atoms with Crippen molar-refractivity contribution in [3.05, 3.63) is 35.9 Å². The second-order valence-electron chi connectivity index (χ2n) is 5.27. The van der Waals surface area contributed by atoms with Gasteiger partial charge in [0.1, 0.15) is 0 Å². The number of benzene rings is 1. The van der Waals surface area contributed by atoms with Crippen LogP contribution in [-0.4, -0.2) is 0 Å². The fraction of sp³-hybridized carbons (Fsp3) is 0.667. The highest BCUT2D eigenvalue weighted by atomic mass is 14.0. The third-order valence-corrected chi connectivity index (χ3v) is 3.54. The van der Waals surface area contributed by atoms with Gasteiger partial charge in [0.15, 0.2) is 0 Å². The summed E-state index contributed by atoms with van der Waals surface area (Å²) < 4.78 is 0. The van der Waals surface area contributed by atoms with E-state index >= 15 is 0 Å². The molecule has 100 valence electrons. The summed E-state index contributed by atoms with van der Waals surface area (Å²) in [4.78, 5) is 0. The lowest BCUT2D eigenvalue weighted by molar-refractivity contribution is 0.556. The molecule has 1 aromatic carbocycles. The molecule has 0 aliphatic heterocycles. The van der Waals surface area contributed by atoms with Crippen molar-refractivity contribution in [3.8, 4) is 0 Å². The van der Waals surface area contributed by atoms with Crippen LogP contribution in [0.25, 0.3) is 0 Å². The Labute approximate surface area is 114 Å². The van der Waals surface area contributed by atoms with Crippen molar-refractivity contribution in [3.63, 3.8) is 0 Å². The number of hydrogen-bond donors (Lipinski definition) is 0. The van der Waals surface area contributed by atoms with Gasteiger partial charge in [0.05, 0.1) is 0 Å². The van der Waals surface area contributed by atoms with Crippen molar-refractivity contribution in [1.82, 2.24) is 0 Å². The van der Waals surface area contributed by atoms with Crippen molar-refractivity contribution >= 4 is 0 Å². The quantitative estimate of drug-likeness (QED) is 0.435. The highest BCUT2D eigenvalue weighted by Crippen LogP contribution is 2.12. The van der Waals surface area contributed by atoms with Gasteiger partial charge >= 0.3 is 0 Å². The summed E-state index contributed by atoms with van der Waals surface area (Å²) in [5, 5.41) is 0. The van der Waals surface area contributed by atoms with Crippen molar-refractivity contribution in [2.75, 3.05) is 0 Å². The Balaban J connectivity index is 1.82. The molecule has 0 saturated heterocycles. The van der Waals surface area contributed by atoms with Crippen LogP contribution < -0.4 is 0 Å². The average Bonchev–Trinajstić information content (AvgIpc) is 2.42. The summed E-state index contributed by atoms with van der Waals surface area (Å²) in [6, 6.07) is 12.2. The van der Waals surface area contributed by atoms with Gasteiger partial charge < -0.3 is 0 Å². The lowest BCUT2D eigenvalue weighted by Gasteiger charge is -2.02. The maximum absolute atomic E-state index is 3.02. The molecule has 0 heterocycles. The van der Waals surface area contributed by atoms with Gasteiger partial charge in [-0.2, -0.15) is 0 Å². The van der Waals surface area contributed by atoms with Gasteiger partial charge in [-0.25, -0.2) is 0 Å². The van der Waals surface area contributed by atoms with Gasteiger partial charge in [-0.05, 0) is 30.5 Å². The van der Waals surface area contributed by atoms with Crippen molar-refractivity contribution < 1.29 is 0 Å². The van der Waals surface area contributed by atoms with Crippen LogP contribution in [0.1, 0.15) is 76.7 Å². The van der Waals surface area contributed by atoms with Crippen LogP contribution in [0.3, 0.4) is 0 Å². The van der Waals surface area contributed by atoms with Crippen molar-refractivity contribution in [2.45, 2.75) is 77.6 Å². The minimum Gasteiger partial charge on any atom is -0.0654 e. The Morgan fingerprint density at radius 3 is 1.94 bits per heavy atom. The van der Waals surface area contributed by atoms with Crippen molar-refractivity contribution in [1.29, 1.82) is 0 Å². The number of unbranched alkanes of at least 4 members (excludes halogenated alkanes) is 9. The maximum atomic E-state index is 3.02.